The summed E-state index contributed by atoms with van der Waals surface area (Å²) in [5.74, 6) is -5.19. The predicted molar refractivity (Wildman–Crippen MR) is 126 cm³/mol. The molecule has 1 saturated heterocycles. The van der Waals surface area contributed by atoms with Crippen molar-refractivity contribution in [1.82, 2.24) is 0 Å². The van der Waals surface area contributed by atoms with Gasteiger partial charge in [0, 0.05) is 17.5 Å². The minimum absolute atomic E-state index is 0.117. The van der Waals surface area contributed by atoms with Crippen LogP contribution >= 0.6 is 0 Å². The Hall–Kier alpha value is -2.08. The second-order valence-electron chi connectivity index (χ2n) is 9.25. The Morgan fingerprint density at radius 1 is 0.941 bits per heavy atom. The second-order valence-corrected chi connectivity index (χ2v) is 9.25. The molecule has 0 spiro atoms. The molecule has 6 heteroatoms. The van der Waals surface area contributed by atoms with Crippen LogP contribution in [0.15, 0.2) is 36.4 Å². The molecule has 0 N–H and O–H groups in total. The van der Waals surface area contributed by atoms with Gasteiger partial charge in [-0.25, -0.2) is 13.2 Å². The maximum Gasteiger partial charge on any atom is 0.276 e. The molecule has 0 aromatic heterocycles. The van der Waals surface area contributed by atoms with E-state index in [0.29, 0.717) is 18.9 Å². The van der Waals surface area contributed by atoms with E-state index in [0.717, 1.165) is 24.8 Å². The maximum absolute atomic E-state index is 14.7. The van der Waals surface area contributed by atoms with Crippen molar-refractivity contribution in [1.29, 1.82) is 0 Å². The highest BCUT2D eigenvalue weighted by Gasteiger charge is 2.32. The fourth-order valence-electron chi connectivity index (χ4n) is 4.46. The Labute approximate surface area is 200 Å². The van der Waals surface area contributed by atoms with Gasteiger partial charge in [0.15, 0.2) is 11.6 Å². The lowest BCUT2D eigenvalue weighted by Gasteiger charge is -2.29. The topological polar surface area (TPSA) is 18.5 Å². The van der Waals surface area contributed by atoms with E-state index in [2.05, 4.69) is 6.92 Å². The Bertz CT molecular complexity index is 890. The SMILES string of the molecule is CCCCCCC1CCC(c2ccc(OCCC(F)(F)c3ccc(CC)cc3)c(F)c2F)OC1. The van der Waals surface area contributed by atoms with Crippen LogP contribution in [0.3, 0.4) is 0 Å². The van der Waals surface area contributed by atoms with Crippen molar-refractivity contribution < 1.29 is 27.0 Å². The lowest BCUT2D eigenvalue weighted by molar-refractivity contribution is -0.0249. The molecule has 2 atom stereocenters. The number of unbranched alkanes of at least 4 members (excludes halogenated alkanes) is 3. The van der Waals surface area contributed by atoms with Crippen LogP contribution in [0.25, 0.3) is 0 Å². The van der Waals surface area contributed by atoms with E-state index in [1.54, 1.807) is 12.1 Å². The molecule has 2 aromatic rings. The zero-order chi connectivity index (χ0) is 24.6. The van der Waals surface area contributed by atoms with Gasteiger partial charge >= 0.3 is 0 Å². The molecule has 1 aliphatic heterocycles. The molecule has 2 aromatic carbocycles. The minimum atomic E-state index is -3.12. The molecule has 1 aliphatic rings. The minimum Gasteiger partial charge on any atom is -0.490 e. The highest BCUT2D eigenvalue weighted by atomic mass is 19.3. The van der Waals surface area contributed by atoms with E-state index in [1.807, 2.05) is 6.92 Å². The molecule has 0 bridgehead atoms. The summed E-state index contributed by atoms with van der Waals surface area (Å²) >= 11 is 0. The molecule has 1 fully saturated rings. The van der Waals surface area contributed by atoms with Gasteiger partial charge in [0.1, 0.15) is 0 Å². The number of aryl methyl sites for hydroxylation is 1. The zero-order valence-electron chi connectivity index (χ0n) is 20.2. The molecule has 0 saturated carbocycles. The van der Waals surface area contributed by atoms with E-state index in [-0.39, 0.29) is 16.9 Å². The van der Waals surface area contributed by atoms with Gasteiger partial charge < -0.3 is 9.47 Å². The monoisotopic (exact) mass is 480 g/mol. The van der Waals surface area contributed by atoms with Gasteiger partial charge in [0.2, 0.25) is 5.82 Å². The summed E-state index contributed by atoms with van der Waals surface area (Å²) in [5.41, 5.74) is 1.02. The first-order chi connectivity index (χ1) is 16.4. The summed E-state index contributed by atoms with van der Waals surface area (Å²) in [6, 6.07) is 8.88. The van der Waals surface area contributed by atoms with Crippen LogP contribution < -0.4 is 4.74 Å². The highest BCUT2D eigenvalue weighted by Crippen LogP contribution is 2.37. The molecule has 3 rings (SSSR count). The summed E-state index contributed by atoms with van der Waals surface area (Å²) in [7, 11) is 0. The first kappa shape index (κ1) is 26.5. The highest BCUT2D eigenvalue weighted by molar-refractivity contribution is 5.32. The van der Waals surface area contributed by atoms with Gasteiger partial charge in [0.05, 0.1) is 19.3 Å². The van der Waals surface area contributed by atoms with Gasteiger partial charge in [-0.15, -0.1) is 0 Å². The first-order valence-electron chi connectivity index (χ1n) is 12.5. The smallest absolute Gasteiger partial charge is 0.276 e. The molecule has 0 radical (unpaired) electrons. The number of benzene rings is 2. The number of ether oxygens (including phenoxy) is 2. The molecular formula is C28H36F4O2. The summed E-state index contributed by atoms with van der Waals surface area (Å²) in [6.45, 7) is 4.24. The molecular weight excluding hydrogens is 444 g/mol. The third-order valence-corrected chi connectivity index (χ3v) is 6.72. The lowest BCUT2D eigenvalue weighted by Crippen LogP contribution is -2.22. The van der Waals surface area contributed by atoms with Crippen molar-refractivity contribution >= 4 is 0 Å². The summed E-state index contributed by atoms with van der Waals surface area (Å²) in [6.07, 6.45) is 7.12. The van der Waals surface area contributed by atoms with Crippen LogP contribution in [0, 0.1) is 17.6 Å². The van der Waals surface area contributed by atoms with E-state index in [4.69, 9.17) is 9.47 Å². The Kier molecular flexibility index (Phi) is 9.81. The molecule has 2 nitrogen and oxygen atoms in total. The van der Waals surface area contributed by atoms with Gasteiger partial charge in [-0.3, -0.25) is 0 Å². The molecule has 0 amide bonds. The predicted octanol–water partition coefficient (Wildman–Crippen LogP) is 8.53. The second kappa shape index (κ2) is 12.6. The van der Waals surface area contributed by atoms with Crippen molar-refractivity contribution in [3.05, 3.63) is 64.7 Å². The van der Waals surface area contributed by atoms with Crippen LogP contribution in [0.4, 0.5) is 17.6 Å². The number of rotatable bonds is 12. The number of hydrogen-bond donors (Lipinski definition) is 0. The first-order valence-corrected chi connectivity index (χ1v) is 12.5. The fraction of sp³-hybridized carbons (Fsp3) is 0.571. The van der Waals surface area contributed by atoms with Crippen LogP contribution in [0.5, 0.6) is 5.75 Å². The van der Waals surface area contributed by atoms with E-state index >= 15 is 0 Å². The van der Waals surface area contributed by atoms with Crippen molar-refractivity contribution in [2.75, 3.05) is 13.2 Å². The van der Waals surface area contributed by atoms with Crippen LogP contribution in [0.2, 0.25) is 0 Å². The summed E-state index contributed by atoms with van der Waals surface area (Å²) in [4.78, 5) is 0. The molecule has 1 heterocycles. The van der Waals surface area contributed by atoms with Crippen LogP contribution in [-0.4, -0.2) is 13.2 Å². The number of halogens is 4. The van der Waals surface area contributed by atoms with Crippen molar-refractivity contribution in [2.24, 2.45) is 5.92 Å². The van der Waals surface area contributed by atoms with Crippen LogP contribution in [0.1, 0.15) is 88.0 Å². The quantitative estimate of drug-likeness (QED) is 0.224. The van der Waals surface area contributed by atoms with Gasteiger partial charge in [-0.2, -0.15) is 4.39 Å². The van der Waals surface area contributed by atoms with E-state index in [9.17, 15) is 17.6 Å². The molecule has 2 unspecified atom stereocenters. The maximum atomic E-state index is 14.7. The summed E-state index contributed by atoms with van der Waals surface area (Å²) < 4.78 is 69.4. The Morgan fingerprint density at radius 2 is 1.71 bits per heavy atom. The van der Waals surface area contributed by atoms with Crippen molar-refractivity contribution in [3.8, 4) is 5.75 Å². The third-order valence-electron chi connectivity index (χ3n) is 6.72. The van der Waals surface area contributed by atoms with Crippen LogP contribution in [-0.2, 0) is 17.1 Å². The Morgan fingerprint density at radius 3 is 2.35 bits per heavy atom. The molecule has 34 heavy (non-hydrogen) atoms. The number of hydrogen-bond acceptors (Lipinski definition) is 2. The average molecular weight is 481 g/mol. The molecule has 188 valence electrons. The zero-order valence-corrected chi connectivity index (χ0v) is 20.2. The van der Waals surface area contributed by atoms with E-state index < -0.39 is 36.7 Å². The summed E-state index contributed by atoms with van der Waals surface area (Å²) in [5, 5.41) is 0. The average Bonchev–Trinajstić information content (AvgIpc) is 2.85. The van der Waals surface area contributed by atoms with Gasteiger partial charge in [-0.05, 0) is 49.3 Å². The lowest BCUT2D eigenvalue weighted by atomic mass is 9.90. The number of alkyl halides is 2. The fourth-order valence-corrected chi connectivity index (χ4v) is 4.46. The standard InChI is InChI=1S/C28H36F4O2/c1-3-5-6-7-8-21-11-15-24(34-19-21)23-14-16-25(27(30)26(23)29)33-18-17-28(31,32)22-12-9-20(4-2)10-13-22/h9-10,12-14,16,21,24H,3-8,11,15,17-19H2,1-2H3. The Balaban J connectivity index is 1.52. The van der Waals surface area contributed by atoms with E-state index in [1.165, 1.54) is 49.9 Å². The largest absolute Gasteiger partial charge is 0.490 e. The molecule has 0 aliphatic carbocycles. The van der Waals surface area contributed by atoms with Gasteiger partial charge in [0.25, 0.3) is 5.92 Å². The third kappa shape index (κ3) is 6.97. The van der Waals surface area contributed by atoms with Crippen molar-refractivity contribution in [3.63, 3.8) is 0 Å². The van der Waals surface area contributed by atoms with Gasteiger partial charge in [-0.1, -0.05) is 63.8 Å². The normalized spacial score (nSPS) is 18.8. The van der Waals surface area contributed by atoms with Crippen molar-refractivity contribution in [2.45, 2.75) is 83.7 Å².